The average Bonchev–Trinajstić information content (AvgIpc) is 2.69. The Kier molecular flexibility index (Phi) is 5.05. The molecule has 0 fully saturated rings. The average molecular weight is 224 g/mol. The summed E-state index contributed by atoms with van der Waals surface area (Å²) in [5.74, 6) is 0.821. The van der Waals surface area contributed by atoms with Crippen LogP contribution in [0.3, 0.4) is 0 Å². The molecule has 4 nitrogen and oxygen atoms in total. The first-order chi connectivity index (χ1) is 7.63. The van der Waals surface area contributed by atoms with Gasteiger partial charge in [0.2, 0.25) is 5.91 Å². The van der Waals surface area contributed by atoms with Gasteiger partial charge in [-0.3, -0.25) is 4.79 Å². The maximum Gasteiger partial charge on any atom is 0.222 e. The Labute approximate surface area is 96.4 Å². The maximum atomic E-state index is 11.6. The lowest BCUT2D eigenvalue weighted by molar-refractivity contribution is -0.122. The summed E-state index contributed by atoms with van der Waals surface area (Å²) < 4.78 is 5.22. The van der Waals surface area contributed by atoms with Crippen LogP contribution in [0.4, 0.5) is 0 Å². The lowest BCUT2D eigenvalue weighted by Crippen LogP contribution is -2.34. The highest BCUT2D eigenvalue weighted by Crippen LogP contribution is 2.12. The maximum absolute atomic E-state index is 11.6. The van der Waals surface area contributed by atoms with Gasteiger partial charge in [-0.05, 0) is 32.5 Å². The first-order valence-electron chi connectivity index (χ1n) is 5.69. The zero-order valence-corrected chi connectivity index (χ0v) is 10.1. The van der Waals surface area contributed by atoms with Crippen LogP contribution in [0.5, 0.6) is 0 Å². The molecule has 1 heterocycles. The monoisotopic (exact) mass is 224 g/mol. The van der Waals surface area contributed by atoms with Crippen LogP contribution in [0.15, 0.2) is 22.8 Å². The summed E-state index contributed by atoms with van der Waals surface area (Å²) in [7, 11) is 0. The molecule has 2 atom stereocenters. The molecule has 0 aliphatic carbocycles. The summed E-state index contributed by atoms with van der Waals surface area (Å²) in [5, 5.41) is 6.10. The Morgan fingerprint density at radius 1 is 1.50 bits per heavy atom. The minimum Gasteiger partial charge on any atom is -0.467 e. The standard InChI is InChI=1S/C12H20N2O2/c1-4-13-9(2)8-12(15)14-10(3)11-6-5-7-16-11/h5-7,9-10,13H,4,8H2,1-3H3,(H,14,15)/t9?,10-/m0/s1. The normalized spacial score (nSPS) is 14.4. The van der Waals surface area contributed by atoms with Crippen molar-refractivity contribution in [1.29, 1.82) is 0 Å². The van der Waals surface area contributed by atoms with Gasteiger partial charge in [0.25, 0.3) is 0 Å². The molecule has 0 aromatic carbocycles. The third-order valence-corrected chi connectivity index (χ3v) is 2.39. The van der Waals surface area contributed by atoms with Crippen LogP contribution in [0.25, 0.3) is 0 Å². The molecule has 4 heteroatoms. The predicted octanol–water partition coefficient (Wildman–Crippen LogP) is 1.84. The van der Waals surface area contributed by atoms with E-state index in [-0.39, 0.29) is 18.0 Å². The molecule has 2 N–H and O–H groups in total. The highest BCUT2D eigenvalue weighted by Gasteiger charge is 2.13. The molecule has 0 radical (unpaired) electrons. The van der Waals surface area contributed by atoms with Crippen molar-refractivity contribution in [1.82, 2.24) is 10.6 Å². The van der Waals surface area contributed by atoms with Gasteiger partial charge in [0.1, 0.15) is 5.76 Å². The molecule has 1 rings (SSSR count). The van der Waals surface area contributed by atoms with Gasteiger partial charge in [0.15, 0.2) is 0 Å². The molecule has 16 heavy (non-hydrogen) atoms. The highest BCUT2D eigenvalue weighted by atomic mass is 16.3. The predicted molar refractivity (Wildman–Crippen MR) is 63.0 cm³/mol. The molecule has 1 aromatic heterocycles. The van der Waals surface area contributed by atoms with E-state index in [1.165, 1.54) is 0 Å². The summed E-state index contributed by atoms with van der Waals surface area (Å²) in [5.41, 5.74) is 0. The van der Waals surface area contributed by atoms with Crippen molar-refractivity contribution in [3.8, 4) is 0 Å². The molecular formula is C12H20N2O2. The van der Waals surface area contributed by atoms with Crippen molar-refractivity contribution >= 4 is 5.91 Å². The smallest absolute Gasteiger partial charge is 0.222 e. The molecular weight excluding hydrogens is 204 g/mol. The van der Waals surface area contributed by atoms with Crippen molar-refractivity contribution in [3.05, 3.63) is 24.2 Å². The van der Waals surface area contributed by atoms with E-state index in [1.54, 1.807) is 6.26 Å². The minimum atomic E-state index is -0.0728. The first kappa shape index (κ1) is 12.8. The zero-order chi connectivity index (χ0) is 12.0. The fourth-order valence-electron chi connectivity index (χ4n) is 1.61. The lowest BCUT2D eigenvalue weighted by Gasteiger charge is -2.15. The largest absolute Gasteiger partial charge is 0.467 e. The Morgan fingerprint density at radius 2 is 2.25 bits per heavy atom. The van der Waals surface area contributed by atoms with Crippen LogP contribution in [0, 0.1) is 0 Å². The molecule has 0 bridgehead atoms. The van der Waals surface area contributed by atoms with Gasteiger partial charge < -0.3 is 15.1 Å². The van der Waals surface area contributed by atoms with Gasteiger partial charge in [-0.2, -0.15) is 0 Å². The molecule has 0 saturated heterocycles. The number of furan rings is 1. The minimum absolute atomic E-state index is 0.0392. The third-order valence-electron chi connectivity index (χ3n) is 2.39. The SMILES string of the molecule is CCNC(C)CC(=O)N[C@@H](C)c1ccco1. The van der Waals surface area contributed by atoms with Crippen molar-refractivity contribution < 1.29 is 9.21 Å². The summed E-state index contributed by atoms with van der Waals surface area (Å²) in [4.78, 5) is 11.6. The van der Waals surface area contributed by atoms with E-state index in [0.29, 0.717) is 6.42 Å². The van der Waals surface area contributed by atoms with Crippen molar-refractivity contribution in [2.75, 3.05) is 6.54 Å². The van der Waals surface area contributed by atoms with Crippen LogP contribution in [-0.2, 0) is 4.79 Å². The number of rotatable bonds is 6. The van der Waals surface area contributed by atoms with Gasteiger partial charge >= 0.3 is 0 Å². The van der Waals surface area contributed by atoms with E-state index < -0.39 is 0 Å². The van der Waals surface area contributed by atoms with Crippen molar-refractivity contribution in [3.63, 3.8) is 0 Å². The molecule has 90 valence electrons. The summed E-state index contributed by atoms with van der Waals surface area (Å²) >= 11 is 0. The van der Waals surface area contributed by atoms with Gasteiger partial charge in [-0.1, -0.05) is 6.92 Å². The van der Waals surface area contributed by atoms with Crippen molar-refractivity contribution in [2.45, 2.75) is 39.3 Å². The Bertz CT molecular complexity index is 309. The van der Waals surface area contributed by atoms with Crippen LogP contribution < -0.4 is 10.6 Å². The van der Waals surface area contributed by atoms with E-state index in [1.807, 2.05) is 32.9 Å². The van der Waals surface area contributed by atoms with Gasteiger partial charge in [-0.25, -0.2) is 0 Å². The van der Waals surface area contributed by atoms with E-state index in [9.17, 15) is 4.79 Å². The number of amides is 1. The van der Waals surface area contributed by atoms with E-state index in [4.69, 9.17) is 4.42 Å². The Balaban J connectivity index is 2.34. The van der Waals surface area contributed by atoms with Crippen LogP contribution in [-0.4, -0.2) is 18.5 Å². The van der Waals surface area contributed by atoms with E-state index in [2.05, 4.69) is 10.6 Å². The lowest BCUT2D eigenvalue weighted by atomic mass is 10.2. The third kappa shape index (κ3) is 4.06. The highest BCUT2D eigenvalue weighted by molar-refractivity contribution is 5.76. The van der Waals surface area contributed by atoms with Crippen molar-refractivity contribution in [2.24, 2.45) is 0 Å². The molecule has 0 aliphatic heterocycles. The van der Waals surface area contributed by atoms with Gasteiger partial charge in [0.05, 0.1) is 12.3 Å². The molecule has 1 amide bonds. The number of hydrogen-bond acceptors (Lipinski definition) is 3. The molecule has 1 unspecified atom stereocenters. The zero-order valence-electron chi connectivity index (χ0n) is 10.1. The van der Waals surface area contributed by atoms with E-state index >= 15 is 0 Å². The topological polar surface area (TPSA) is 54.3 Å². The second kappa shape index (κ2) is 6.33. The van der Waals surface area contributed by atoms with Gasteiger partial charge in [0, 0.05) is 12.5 Å². The first-order valence-corrected chi connectivity index (χ1v) is 5.69. The molecule has 0 aliphatic rings. The number of carbonyl (C=O) groups excluding carboxylic acids is 1. The van der Waals surface area contributed by atoms with E-state index in [0.717, 1.165) is 12.3 Å². The Morgan fingerprint density at radius 3 is 2.81 bits per heavy atom. The number of hydrogen-bond donors (Lipinski definition) is 2. The fourth-order valence-corrected chi connectivity index (χ4v) is 1.61. The summed E-state index contributed by atoms with van der Waals surface area (Å²) in [6.45, 7) is 6.82. The van der Waals surface area contributed by atoms with Crippen LogP contribution >= 0.6 is 0 Å². The molecule has 0 saturated carbocycles. The quantitative estimate of drug-likeness (QED) is 0.775. The Hall–Kier alpha value is -1.29. The second-order valence-corrected chi connectivity index (χ2v) is 3.97. The van der Waals surface area contributed by atoms with Crippen LogP contribution in [0.1, 0.15) is 39.0 Å². The number of nitrogens with one attached hydrogen (secondary N) is 2. The van der Waals surface area contributed by atoms with Crippen LogP contribution in [0.2, 0.25) is 0 Å². The summed E-state index contributed by atoms with van der Waals surface area (Å²) in [6.07, 6.45) is 2.10. The number of carbonyl (C=O) groups is 1. The summed E-state index contributed by atoms with van der Waals surface area (Å²) in [6, 6.07) is 3.81. The fraction of sp³-hybridized carbons (Fsp3) is 0.583. The second-order valence-electron chi connectivity index (χ2n) is 3.97. The molecule has 1 aromatic rings. The molecule has 0 spiro atoms. The van der Waals surface area contributed by atoms with Gasteiger partial charge in [-0.15, -0.1) is 0 Å².